The number of esters is 1. The standard InChI is InChI=1S/C15H20O4/c1-4-19-15(17)13(11(2)16)10-9-12-7-5-6-8-14(12)18-3/h5-8,13H,4,9-10H2,1-3H3. The second kappa shape index (κ2) is 7.56. The fourth-order valence-corrected chi connectivity index (χ4v) is 1.94. The number of para-hydroxylation sites is 1. The maximum Gasteiger partial charge on any atom is 0.316 e. The number of carbonyl (C=O) groups excluding carboxylic acids is 2. The predicted octanol–water partition coefficient (Wildman–Crippen LogP) is 2.40. The van der Waals surface area contributed by atoms with Crippen LogP contribution in [0.2, 0.25) is 0 Å². The number of methoxy groups -OCH3 is 1. The van der Waals surface area contributed by atoms with Crippen LogP contribution in [0.4, 0.5) is 0 Å². The van der Waals surface area contributed by atoms with Gasteiger partial charge in [-0.1, -0.05) is 18.2 Å². The van der Waals surface area contributed by atoms with E-state index >= 15 is 0 Å². The van der Waals surface area contributed by atoms with Gasteiger partial charge in [-0.25, -0.2) is 0 Å². The Hall–Kier alpha value is -1.84. The molecule has 0 heterocycles. The van der Waals surface area contributed by atoms with Crippen molar-refractivity contribution in [3.05, 3.63) is 29.8 Å². The van der Waals surface area contributed by atoms with E-state index in [1.807, 2.05) is 24.3 Å². The van der Waals surface area contributed by atoms with Crippen LogP contribution < -0.4 is 4.74 Å². The molecule has 0 spiro atoms. The molecule has 1 aromatic rings. The molecule has 19 heavy (non-hydrogen) atoms. The first-order valence-corrected chi connectivity index (χ1v) is 6.39. The Morgan fingerprint density at radius 3 is 2.53 bits per heavy atom. The van der Waals surface area contributed by atoms with Crippen molar-refractivity contribution in [2.75, 3.05) is 13.7 Å². The third-order valence-corrected chi connectivity index (χ3v) is 2.96. The summed E-state index contributed by atoms with van der Waals surface area (Å²) in [5.74, 6) is -0.517. The van der Waals surface area contributed by atoms with Crippen molar-refractivity contribution < 1.29 is 19.1 Å². The first-order valence-electron chi connectivity index (χ1n) is 6.39. The summed E-state index contributed by atoms with van der Waals surface area (Å²) in [4.78, 5) is 23.2. The Balaban J connectivity index is 2.71. The van der Waals surface area contributed by atoms with E-state index in [1.165, 1.54) is 6.92 Å². The van der Waals surface area contributed by atoms with Gasteiger partial charge in [0.15, 0.2) is 0 Å². The molecule has 1 atom stereocenters. The Morgan fingerprint density at radius 2 is 1.95 bits per heavy atom. The lowest BCUT2D eigenvalue weighted by molar-refractivity contribution is -0.151. The smallest absolute Gasteiger partial charge is 0.316 e. The summed E-state index contributed by atoms with van der Waals surface area (Å²) in [5, 5.41) is 0. The van der Waals surface area contributed by atoms with Crippen molar-refractivity contribution in [3.8, 4) is 5.75 Å². The summed E-state index contributed by atoms with van der Waals surface area (Å²) >= 11 is 0. The number of ether oxygens (including phenoxy) is 2. The van der Waals surface area contributed by atoms with Gasteiger partial charge in [0, 0.05) is 0 Å². The Morgan fingerprint density at radius 1 is 1.26 bits per heavy atom. The third-order valence-electron chi connectivity index (χ3n) is 2.96. The van der Waals surface area contributed by atoms with E-state index in [2.05, 4.69) is 0 Å². The van der Waals surface area contributed by atoms with Gasteiger partial charge < -0.3 is 9.47 Å². The van der Waals surface area contributed by atoms with Crippen molar-refractivity contribution in [2.45, 2.75) is 26.7 Å². The number of ketones is 1. The van der Waals surface area contributed by atoms with Gasteiger partial charge in [0.25, 0.3) is 0 Å². The minimum atomic E-state index is -0.690. The number of hydrogen-bond acceptors (Lipinski definition) is 4. The maximum atomic E-state index is 11.7. The second-order valence-electron chi connectivity index (χ2n) is 4.27. The molecule has 0 fully saturated rings. The van der Waals surface area contributed by atoms with Gasteiger partial charge in [0.05, 0.1) is 13.7 Å². The molecule has 0 N–H and O–H groups in total. The summed E-state index contributed by atoms with van der Waals surface area (Å²) in [5.41, 5.74) is 0.987. The van der Waals surface area contributed by atoms with E-state index in [1.54, 1.807) is 14.0 Å². The number of benzene rings is 1. The van der Waals surface area contributed by atoms with Crippen LogP contribution in [0.25, 0.3) is 0 Å². The van der Waals surface area contributed by atoms with Gasteiger partial charge in [-0.05, 0) is 38.3 Å². The fourth-order valence-electron chi connectivity index (χ4n) is 1.94. The average Bonchev–Trinajstić information content (AvgIpc) is 2.39. The zero-order valence-electron chi connectivity index (χ0n) is 11.6. The van der Waals surface area contributed by atoms with E-state index in [-0.39, 0.29) is 12.4 Å². The van der Waals surface area contributed by atoms with Crippen molar-refractivity contribution >= 4 is 11.8 Å². The van der Waals surface area contributed by atoms with E-state index in [9.17, 15) is 9.59 Å². The van der Waals surface area contributed by atoms with Crippen LogP contribution in [0.5, 0.6) is 5.75 Å². The van der Waals surface area contributed by atoms with Crippen molar-refractivity contribution in [3.63, 3.8) is 0 Å². The Labute approximate surface area is 113 Å². The molecule has 0 saturated carbocycles. The highest BCUT2D eigenvalue weighted by atomic mass is 16.5. The molecule has 0 amide bonds. The molecule has 1 unspecified atom stereocenters. The molecule has 0 bridgehead atoms. The highest BCUT2D eigenvalue weighted by Gasteiger charge is 2.24. The van der Waals surface area contributed by atoms with Crippen LogP contribution in [-0.4, -0.2) is 25.5 Å². The summed E-state index contributed by atoms with van der Waals surface area (Å²) in [6.07, 6.45) is 1.04. The highest BCUT2D eigenvalue weighted by molar-refractivity contribution is 5.97. The van der Waals surface area contributed by atoms with Crippen molar-refractivity contribution in [2.24, 2.45) is 5.92 Å². The van der Waals surface area contributed by atoms with Crippen LogP contribution in [0, 0.1) is 5.92 Å². The molecule has 0 radical (unpaired) electrons. The Bertz CT molecular complexity index is 440. The van der Waals surface area contributed by atoms with Gasteiger partial charge in [0.1, 0.15) is 17.5 Å². The molecule has 104 valence electrons. The zero-order chi connectivity index (χ0) is 14.3. The van der Waals surface area contributed by atoms with Gasteiger partial charge in [0.2, 0.25) is 0 Å². The van der Waals surface area contributed by atoms with Crippen LogP contribution in [0.1, 0.15) is 25.8 Å². The molecular formula is C15H20O4. The molecule has 4 nitrogen and oxygen atoms in total. The van der Waals surface area contributed by atoms with Crippen LogP contribution in [0.3, 0.4) is 0 Å². The minimum absolute atomic E-state index is 0.159. The van der Waals surface area contributed by atoms with Crippen molar-refractivity contribution in [1.29, 1.82) is 0 Å². The first-order chi connectivity index (χ1) is 9.10. The van der Waals surface area contributed by atoms with Crippen LogP contribution in [-0.2, 0) is 20.7 Å². The van der Waals surface area contributed by atoms with E-state index < -0.39 is 11.9 Å². The summed E-state index contributed by atoms with van der Waals surface area (Å²) in [6, 6.07) is 7.59. The topological polar surface area (TPSA) is 52.6 Å². The molecular weight excluding hydrogens is 244 g/mol. The van der Waals surface area contributed by atoms with E-state index in [4.69, 9.17) is 9.47 Å². The molecule has 0 saturated heterocycles. The predicted molar refractivity (Wildman–Crippen MR) is 72.1 cm³/mol. The molecule has 0 aliphatic heterocycles. The first kappa shape index (κ1) is 15.2. The van der Waals surface area contributed by atoms with Crippen LogP contribution >= 0.6 is 0 Å². The largest absolute Gasteiger partial charge is 0.496 e. The number of Topliss-reactive ketones (excluding diaryl/α,β-unsaturated/α-hetero) is 1. The molecule has 0 aliphatic carbocycles. The summed E-state index contributed by atoms with van der Waals surface area (Å²) < 4.78 is 10.2. The normalized spacial score (nSPS) is 11.7. The lowest BCUT2D eigenvalue weighted by Gasteiger charge is -2.13. The van der Waals surface area contributed by atoms with Crippen molar-refractivity contribution in [1.82, 2.24) is 0 Å². The highest BCUT2D eigenvalue weighted by Crippen LogP contribution is 2.21. The number of aryl methyl sites for hydroxylation is 1. The monoisotopic (exact) mass is 264 g/mol. The molecule has 0 aliphatic rings. The van der Waals surface area contributed by atoms with Crippen LogP contribution in [0.15, 0.2) is 24.3 Å². The lowest BCUT2D eigenvalue weighted by Crippen LogP contribution is -2.25. The number of hydrogen-bond donors (Lipinski definition) is 0. The Kier molecular flexibility index (Phi) is 6.06. The molecule has 4 heteroatoms. The van der Waals surface area contributed by atoms with Gasteiger partial charge in [-0.2, -0.15) is 0 Å². The SMILES string of the molecule is CCOC(=O)C(CCc1ccccc1OC)C(C)=O. The second-order valence-corrected chi connectivity index (χ2v) is 4.27. The fraction of sp³-hybridized carbons (Fsp3) is 0.467. The van der Waals surface area contributed by atoms with Gasteiger partial charge >= 0.3 is 5.97 Å². The quantitative estimate of drug-likeness (QED) is 0.560. The zero-order valence-corrected chi connectivity index (χ0v) is 11.6. The molecule has 1 rings (SSSR count). The number of carbonyl (C=O) groups is 2. The maximum absolute atomic E-state index is 11.7. The molecule has 1 aromatic carbocycles. The lowest BCUT2D eigenvalue weighted by atomic mass is 9.96. The third kappa shape index (κ3) is 4.39. The summed E-state index contributed by atoms with van der Waals surface area (Å²) in [7, 11) is 1.60. The average molecular weight is 264 g/mol. The van der Waals surface area contributed by atoms with Gasteiger partial charge in [-0.3, -0.25) is 9.59 Å². The number of rotatable bonds is 7. The van der Waals surface area contributed by atoms with Gasteiger partial charge in [-0.15, -0.1) is 0 Å². The van der Waals surface area contributed by atoms with E-state index in [0.717, 1.165) is 11.3 Å². The molecule has 0 aromatic heterocycles. The minimum Gasteiger partial charge on any atom is -0.496 e. The van der Waals surface area contributed by atoms with E-state index in [0.29, 0.717) is 12.8 Å². The summed E-state index contributed by atoms with van der Waals surface area (Å²) in [6.45, 7) is 3.44.